The second kappa shape index (κ2) is 9.00. The van der Waals surface area contributed by atoms with Crippen molar-refractivity contribution < 1.29 is 44.3 Å². The lowest BCUT2D eigenvalue weighted by Gasteiger charge is -2.33. The number of ether oxygens (including phenoxy) is 1. The van der Waals surface area contributed by atoms with Crippen molar-refractivity contribution in [1.82, 2.24) is 9.62 Å². The first-order valence-electron chi connectivity index (χ1n) is 8.86. The molecule has 0 unspecified atom stereocenters. The van der Waals surface area contributed by atoms with Crippen molar-refractivity contribution in [2.45, 2.75) is 43.1 Å². The Morgan fingerprint density at radius 2 is 1.67 bits per heavy atom. The molecule has 0 aromatic heterocycles. The highest BCUT2D eigenvalue weighted by Gasteiger charge is 2.60. The SMILES string of the molecule is Cc1ccccc1S(=O)(=O)NCC1CCN(C(=O)OC(C(F)(F)F)C(F)(F)F)CC1. The number of nitrogens with zero attached hydrogens (tertiary/aromatic N) is 1. The number of hydrogen-bond acceptors (Lipinski definition) is 4. The van der Waals surface area contributed by atoms with Crippen LogP contribution in [0.1, 0.15) is 18.4 Å². The number of nitrogens with one attached hydrogen (secondary N) is 1. The Labute approximate surface area is 169 Å². The van der Waals surface area contributed by atoms with E-state index < -0.39 is 34.6 Å². The molecule has 1 aliphatic rings. The monoisotopic (exact) mass is 462 g/mol. The number of carbonyl (C=O) groups is 1. The molecule has 0 saturated carbocycles. The Morgan fingerprint density at radius 1 is 1.13 bits per heavy atom. The molecule has 1 N–H and O–H groups in total. The number of benzene rings is 1. The molecule has 0 aliphatic carbocycles. The van der Waals surface area contributed by atoms with Gasteiger partial charge in [0, 0.05) is 19.6 Å². The van der Waals surface area contributed by atoms with Crippen molar-refractivity contribution in [2.24, 2.45) is 5.92 Å². The number of halogens is 6. The van der Waals surface area contributed by atoms with Crippen LogP contribution in [0.2, 0.25) is 0 Å². The van der Waals surface area contributed by atoms with Gasteiger partial charge >= 0.3 is 18.4 Å². The smallest absolute Gasteiger partial charge is 0.426 e. The van der Waals surface area contributed by atoms with Gasteiger partial charge < -0.3 is 9.64 Å². The number of amides is 1. The normalized spacial score (nSPS) is 16.7. The van der Waals surface area contributed by atoms with Gasteiger partial charge in [0.05, 0.1) is 4.90 Å². The van der Waals surface area contributed by atoms with Crippen molar-refractivity contribution >= 4 is 16.1 Å². The molecule has 1 fully saturated rings. The zero-order chi connectivity index (χ0) is 22.7. The first-order valence-corrected chi connectivity index (χ1v) is 10.3. The molecule has 1 aromatic carbocycles. The van der Waals surface area contributed by atoms with Gasteiger partial charge in [0.25, 0.3) is 6.10 Å². The molecular weight excluding hydrogens is 442 g/mol. The first kappa shape index (κ1) is 24.3. The Morgan fingerprint density at radius 3 is 2.17 bits per heavy atom. The third kappa shape index (κ3) is 6.24. The summed E-state index contributed by atoms with van der Waals surface area (Å²) in [4.78, 5) is 12.6. The number of alkyl halides is 6. The van der Waals surface area contributed by atoms with Crippen LogP contribution in [0, 0.1) is 12.8 Å². The molecule has 1 aromatic rings. The van der Waals surface area contributed by atoms with Crippen LogP contribution in [0.4, 0.5) is 31.1 Å². The highest BCUT2D eigenvalue weighted by atomic mass is 32.2. The van der Waals surface area contributed by atoms with Crippen molar-refractivity contribution in [3.8, 4) is 0 Å². The maximum Gasteiger partial charge on any atom is 0.434 e. The van der Waals surface area contributed by atoms with E-state index in [4.69, 9.17) is 0 Å². The number of rotatable bonds is 5. The van der Waals surface area contributed by atoms with Crippen molar-refractivity contribution in [2.75, 3.05) is 19.6 Å². The van der Waals surface area contributed by atoms with Gasteiger partial charge in [-0.25, -0.2) is 17.9 Å². The van der Waals surface area contributed by atoms with E-state index in [9.17, 15) is 39.6 Å². The summed E-state index contributed by atoms with van der Waals surface area (Å²) in [5.41, 5.74) is 0.548. The minimum Gasteiger partial charge on any atom is -0.426 e. The zero-order valence-electron chi connectivity index (χ0n) is 15.8. The largest absolute Gasteiger partial charge is 0.434 e. The standard InChI is InChI=1S/C17H20F6N2O4S/c1-11-4-2-3-5-13(11)30(27,28)24-10-12-6-8-25(9-7-12)15(26)29-14(16(18,19)20)17(21,22)23/h2-5,12,14,24H,6-10H2,1H3. The van der Waals surface area contributed by atoms with E-state index in [0.29, 0.717) is 5.56 Å². The first-order chi connectivity index (χ1) is 13.7. The van der Waals surface area contributed by atoms with E-state index >= 15 is 0 Å². The number of sulfonamides is 1. The van der Waals surface area contributed by atoms with Gasteiger partial charge in [0.2, 0.25) is 10.0 Å². The molecular formula is C17H20F6N2O4S. The van der Waals surface area contributed by atoms with Crippen LogP contribution >= 0.6 is 0 Å². The average molecular weight is 462 g/mol. The second-order valence-corrected chi connectivity index (χ2v) is 8.63. The van der Waals surface area contributed by atoms with Crippen molar-refractivity contribution in [3.05, 3.63) is 29.8 Å². The highest BCUT2D eigenvalue weighted by Crippen LogP contribution is 2.36. The summed E-state index contributed by atoms with van der Waals surface area (Å²) in [6.07, 6.45) is -17.1. The molecule has 1 saturated heterocycles. The topological polar surface area (TPSA) is 75.7 Å². The number of piperidine rings is 1. The summed E-state index contributed by atoms with van der Waals surface area (Å²) in [5.74, 6) is -0.242. The van der Waals surface area contributed by atoms with E-state index in [1.807, 2.05) is 0 Å². The Hall–Kier alpha value is -2.02. The number of carbonyl (C=O) groups excluding carboxylic acids is 1. The lowest BCUT2D eigenvalue weighted by molar-refractivity contribution is -0.308. The minimum atomic E-state index is -5.78. The average Bonchev–Trinajstić information content (AvgIpc) is 2.63. The molecule has 0 bridgehead atoms. The van der Waals surface area contributed by atoms with Gasteiger partial charge in [-0.2, -0.15) is 26.3 Å². The lowest BCUT2D eigenvalue weighted by Crippen LogP contribution is -2.49. The van der Waals surface area contributed by atoms with Gasteiger partial charge in [-0.3, -0.25) is 0 Å². The molecule has 1 amide bonds. The zero-order valence-corrected chi connectivity index (χ0v) is 16.6. The van der Waals surface area contributed by atoms with E-state index in [0.717, 1.165) is 4.90 Å². The Bertz CT molecular complexity index is 835. The fourth-order valence-corrected chi connectivity index (χ4v) is 4.34. The fraction of sp³-hybridized carbons (Fsp3) is 0.588. The summed E-state index contributed by atoms with van der Waals surface area (Å²) in [6, 6.07) is 6.33. The van der Waals surface area contributed by atoms with Gasteiger partial charge in [-0.1, -0.05) is 18.2 Å². The molecule has 1 heterocycles. The van der Waals surface area contributed by atoms with Crippen LogP contribution in [0.3, 0.4) is 0 Å². The molecule has 0 atom stereocenters. The predicted molar refractivity (Wildman–Crippen MR) is 93.0 cm³/mol. The van der Waals surface area contributed by atoms with E-state index in [1.54, 1.807) is 25.1 Å². The molecule has 13 heteroatoms. The number of likely N-dealkylation sites (tertiary alicyclic amines) is 1. The second-order valence-electron chi connectivity index (χ2n) is 6.89. The molecule has 2 rings (SSSR count). The van der Waals surface area contributed by atoms with Crippen LogP contribution in [0.25, 0.3) is 0 Å². The van der Waals surface area contributed by atoms with Gasteiger partial charge in [0.1, 0.15) is 0 Å². The lowest BCUT2D eigenvalue weighted by atomic mass is 9.97. The fourth-order valence-electron chi connectivity index (χ4n) is 2.98. The van der Waals surface area contributed by atoms with Gasteiger partial charge in [-0.05, 0) is 37.3 Å². The molecule has 6 nitrogen and oxygen atoms in total. The summed E-state index contributed by atoms with van der Waals surface area (Å²) in [5, 5.41) is 0. The van der Waals surface area contributed by atoms with Gasteiger partial charge in [0.15, 0.2) is 0 Å². The summed E-state index contributed by atoms with van der Waals surface area (Å²) >= 11 is 0. The van der Waals surface area contributed by atoms with Crippen LogP contribution < -0.4 is 4.72 Å². The van der Waals surface area contributed by atoms with E-state index in [-0.39, 0.29) is 43.3 Å². The molecule has 30 heavy (non-hydrogen) atoms. The Balaban J connectivity index is 1.89. The van der Waals surface area contributed by atoms with Crippen LogP contribution in [-0.4, -0.2) is 57.5 Å². The number of aryl methyl sites for hydroxylation is 1. The van der Waals surface area contributed by atoms with Crippen LogP contribution in [-0.2, 0) is 14.8 Å². The molecule has 1 aliphatic heterocycles. The van der Waals surface area contributed by atoms with E-state index in [2.05, 4.69) is 9.46 Å². The summed E-state index contributed by atoms with van der Waals surface area (Å²) in [6.45, 7) is 1.34. The molecule has 0 radical (unpaired) electrons. The maximum atomic E-state index is 12.5. The molecule has 0 spiro atoms. The van der Waals surface area contributed by atoms with Crippen molar-refractivity contribution in [1.29, 1.82) is 0 Å². The number of hydrogen-bond donors (Lipinski definition) is 1. The van der Waals surface area contributed by atoms with Gasteiger partial charge in [-0.15, -0.1) is 0 Å². The predicted octanol–water partition coefficient (Wildman–Crippen LogP) is 3.62. The van der Waals surface area contributed by atoms with Crippen LogP contribution in [0.5, 0.6) is 0 Å². The van der Waals surface area contributed by atoms with Crippen LogP contribution in [0.15, 0.2) is 29.2 Å². The summed E-state index contributed by atoms with van der Waals surface area (Å²) in [7, 11) is -3.77. The van der Waals surface area contributed by atoms with Crippen molar-refractivity contribution in [3.63, 3.8) is 0 Å². The summed E-state index contributed by atoms with van der Waals surface area (Å²) < 4.78 is 106. The Kier molecular flexibility index (Phi) is 7.28. The van der Waals surface area contributed by atoms with E-state index in [1.165, 1.54) is 6.07 Å². The minimum absolute atomic E-state index is 0.0211. The quantitative estimate of drug-likeness (QED) is 0.679. The highest BCUT2D eigenvalue weighted by molar-refractivity contribution is 7.89. The third-order valence-corrected chi connectivity index (χ3v) is 6.21. The maximum absolute atomic E-state index is 12.5. The third-order valence-electron chi connectivity index (χ3n) is 4.63. The molecule has 170 valence electrons.